The van der Waals surface area contributed by atoms with Crippen LogP contribution in [0.3, 0.4) is 0 Å². The van der Waals surface area contributed by atoms with E-state index in [0.29, 0.717) is 11.8 Å². The Balaban J connectivity index is 1.92. The van der Waals surface area contributed by atoms with Crippen LogP contribution in [0, 0.1) is 5.92 Å². The van der Waals surface area contributed by atoms with Crippen LogP contribution < -0.4 is 5.32 Å². The Hall–Kier alpha value is -1.02. The summed E-state index contributed by atoms with van der Waals surface area (Å²) in [7, 11) is 0. The molecular weight excluding hydrogens is 198 g/mol. The van der Waals surface area contributed by atoms with Gasteiger partial charge < -0.3 is 10.4 Å². The van der Waals surface area contributed by atoms with Gasteiger partial charge in [0, 0.05) is 6.04 Å². The van der Waals surface area contributed by atoms with Crippen molar-refractivity contribution in [2.45, 2.75) is 38.6 Å². The van der Waals surface area contributed by atoms with Gasteiger partial charge in [-0.1, -0.05) is 31.9 Å². The van der Waals surface area contributed by atoms with E-state index in [0.717, 1.165) is 18.9 Å². The van der Waals surface area contributed by atoms with Crippen molar-refractivity contribution in [1.29, 1.82) is 0 Å². The van der Waals surface area contributed by atoms with Crippen molar-refractivity contribution in [2.75, 3.05) is 6.54 Å². The van der Waals surface area contributed by atoms with Crippen molar-refractivity contribution in [2.24, 2.45) is 5.92 Å². The van der Waals surface area contributed by atoms with Gasteiger partial charge in [0.2, 0.25) is 0 Å². The molecule has 0 saturated heterocycles. The lowest BCUT2D eigenvalue weighted by atomic mass is 10.0. The monoisotopic (exact) mass is 219 g/mol. The van der Waals surface area contributed by atoms with Gasteiger partial charge in [0.15, 0.2) is 0 Å². The average Bonchev–Trinajstić information content (AvgIpc) is 3.02. The summed E-state index contributed by atoms with van der Waals surface area (Å²) < 4.78 is 0. The molecule has 1 aromatic rings. The fourth-order valence-corrected chi connectivity index (χ4v) is 2.25. The number of hydrogen-bond acceptors (Lipinski definition) is 2. The van der Waals surface area contributed by atoms with Crippen molar-refractivity contribution < 1.29 is 5.11 Å². The van der Waals surface area contributed by atoms with Crippen LogP contribution in [0.2, 0.25) is 0 Å². The van der Waals surface area contributed by atoms with E-state index in [1.54, 1.807) is 6.07 Å². The van der Waals surface area contributed by atoms with Crippen molar-refractivity contribution in [3.05, 3.63) is 29.8 Å². The summed E-state index contributed by atoms with van der Waals surface area (Å²) in [6.07, 6.45) is 5.12. The molecule has 2 heteroatoms. The molecule has 0 amide bonds. The molecular formula is C14H21NO. The number of phenolic OH excluding ortho intramolecular Hbond substituents is 1. The molecule has 1 unspecified atom stereocenters. The van der Waals surface area contributed by atoms with Crippen LogP contribution in [0.25, 0.3) is 0 Å². The number of likely N-dealkylation sites (N-methyl/N-ethyl adjacent to an activating group) is 1. The highest BCUT2D eigenvalue weighted by atomic mass is 16.3. The van der Waals surface area contributed by atoms with E-state index in [9.17, 15) is 5.11 Å². The highest BCUT2D eigenvalue weighted by Gasteiger charge is 2.25. The normalized spacial score (nSPS) is 17.3. The van der Waals surface area contributed by atoms with Crippen molar-refractivity contribution in [1.82, 2.24) is 5.32 Å². The summed E-state index contributed by atoms with van der Waals surface area (Å²) in [6.45, 7) is 3.18. The highest BCUT2D eigenvalue weighted by molar-refractivity contribution is 5.27. The van der Waals surface area contributed by atoms with Gasteiger partial charge in [-0.3, -0.25) is 0 Å². The second-order valence-electron chi connectivity index (χ2n) is 4.81. The van der Waals surface area contributed by atoms with Gasteiger partial charge in [-0.05, 0) is 43.0 Å². The second-order valence-corrected chi connectivity index (χ2v) is 4.81. The maximum Gasteiger partial charge on any atom is 0.115 e. The predicted molar refractivity (Wildman–Crippen MR) is 66.6 cm³/mol. The van der Waals surface area contributed by atoms with E-state index >= 15 is 0 Å². The molecule has 1 fully saturated rings. The molecule has 1 aliphatic rings. The maximum atomic E-state index is 9.43. The van der Waals surface area contributed by atoms with E-state index in [4.69, 9.17) is 0 Å². The third-order valence-electron chi connectivity index (χ3n) is 3.20. The van der Waals surface area contributed by atoms with Gasteiger partial charge in [-0.2, -0.15) is 0 Å². The van der Waals surface area contributed by atoms with Gasteiger partial charge in [0.1, 0.15) is 5.75 Å². The Kier molecular flexibility index (Phi) is 3.83. The molecule has 88 valence electrons. The minimum atomic E-state index is 0.374. The lowest BCUT2D eigenvalue weighted by Gasteiger charge is -2.17. The Morgan fingerprint density at radius 3 is 2.88 bits per heavy atom. The lowest BCUT2D eigenvalue weighted by Crippen LogP contribution is -2.31. The third kappa shape index (κ3) is 3.53. The Bertz CT molecular complexity index is 333. The molecule has 16 heavy (non-hydrogen) atoms. The maximum absolute atomic E-state index is 9.43. The summed E-state index contributed by atoms with van der Waals surface area (Å²) in [4.78, 5) is 0. The van der Waals surface area contributed by atoms with Crippen LogP contribution in [0.15, 0.2) is 24.3 Å². The first-order chi connectivity index (χ1) is 7.78. The van der Waals surface area contributed by atoms with Gasteiger partial charge in [-0.15, -0.1) is 0 Å². The van der Waals surface area contributed by atoms with Crippen molar-refractivity contribution >= 4 is 0 Å². The molecule has 0 spiro atoms. The summed E-state index contributed by atoms with van der Waals surface area (Å²) in [5.74, 6) is 1.32. The van der Waals surface area contributed by atoms with E-state index in [1.807, 2.05) is 12.1 Å². The van der Waals surface area contributed by atoms with Gasteiger partial charge in [-0.25, -0.2) is 0 Å². The van der Waals surface area contributed by atoms with Gasteiger partial charge in [0.05, 0.1) is 0 Å². The first-order valence-corrected chi connectivity index (χ1v) is 6.29. The number of phenols is 1. The summed E-state index contributed by atoms with van der Waals surface area (Å²) >= 11 is 0. The average molecular weight is 219 g/mol. The second kappa shape index (κ2) is 5.35. The zero-order chi connectivity index (χ0) is 11.4. The van der Waals surface area contributed by atoms with Crippen molar-refractivity contribution in [3.63, 3.8) is 0 Å². The minimum Gasteiger partial charge on any atom is -0.508 e. The smallest absolute Gasteiger partial charge is 0.115 e. The Morgan fingerprint density at radius 1 is 1.44 bits per heavy atom. The first-order valence-electron chi connectivity index (χ1n) is 6.29. The summed E-state index contributed by atoms with van der Waals surface area (Å²) in [5.41, 5.74) is 1.23. The van der Waals surface area contributed by atoms with Gasteiger partial charge >= 0.3 is 0 Å². The van der Waals surface area contributed by atoms with Crippen LogP contribution in [0.4, 0.5) is 0 Å². The summed E-state index contributed by atoms with van der Waals surface area (Å²) in [5, 5.41) is 13.0. The number of aromatic hydroxyl groups is 1. The molecule has 0 heterocycles. The van der Waals surface area contributed by atoms with E-state index < -0.39 is 0 Å². The van der Waals surface area contributed by atoms with Gasteiger partial charge in [0.25, 0.3) is 0 Å². The van der Waals surface area contributed by atoms with Crippen LogP contribution in [0.1, 0.15) is 31.7 Å². The molecule has 0 aromatic heterocycles. The van der Waals surface area contributed by atoms with Crippen LogP contribution in [-0.4, -0.2) is 17.7 Å². The summed E-state index contributed by atoms with van der Waals surface area (Å²) in [6, 6.07) is 8.19. The Labute approximate surface area is 97.7 Å². The largest absolute Gasteiger partial charge is 0.508 e. The quantitative estimate of drug-likeness (QED) is 0.771. The molecule has 1 aromatic carbocycles. The molecule has 0 radical (unpaired) electrons. The molecule has 2 N–H and O–H groups in total. The minimum absolute atomic E-state index is 0.374. The van der Waals surface area contributed by atoms with E-state index in [1.165, 1.54) is 24.8 Å². The number of hydrogen-bond donors (Lipinski definition) is 2. The van der Waals surface area contributed by atoms with E-state index in [2.05, 4.69) is 18.3 Å². The zero-order valence-electron chi connectivity index (χ0n) is 9.95. The predicted octanol–water partition coefficient (Wildman–Crippen LogP) is 2.71. The molecule has 1 aliphatic carbocycles. The number of benzene rings is 1. The topological polar surface area (TPSA) is 32.3 Å². The molecule has 0 aliphatic heterocycles. The molecule has 0 bridgehead atoms. The molecule has 2 nitrogen and oxygen atoms in total. The zero-order valence-corrected chi connectivity index (χ0v) is 9.95. The highest BCUT2D eigenvalue weighted by Crippen LogP contribution is 2.34. The Morgan fingerprint density at radius 2 is 2.25 bits per heavy atom. The number of nitrogens with one attached hydrogen (secondary N) is 1. The van der Waals surface area contributed by atoms with Crippen LogP contribution in [-0.2, 0) is 6.42 Å². The number of rotatable bonds is 6. The van der Waals surface area contributed by atoms with Crippen molar-refractivity contribution in [3.8, 4) is 5.75 Å². The van der Waals surface area contributed by atoms with Crippen LogP contribution >= 0.6 is 0 Å². The van der Waals surface area contributed by atoms with Crippen LogP contribution in [0.5, 0.6) is 5.75 Å². The molecule has 1 saturated carbocycles. The first kappa shape index (κ1) is 11.5. The lowest BCUT2D eigenvalue weighted by molar-refractivity contribution is 0.459. The standard InChI is InChI=1S/C14H21NO/c1-2-15-13(8-11-6-7-11)9-12-4-3-5-14(16)10-12/h3-5,10-11,13,15-16H,2,6-9H2,1H3. The third-order valence-corrected chi connectivity index (χ3v) is 3.20. The van der Waals surface area contributed by atoms with E-state index in [-0.39, 0.29) is 0 Å². The molecule has 1 atom stereocenters. The fourth-order valence-electron chi connectivity index (χ4n) is 2.25. The SMILES string of the molecule is CCNC(Cc1cccc(O)c1)CC1CC1. The molecule has 2 rings (SSSR count). The fraction of sp³-hybridized carbons (Fsp3) is 0.571.